The predicted molar refractivity (Wildman–Crippen MR) is 81.3 cm³/mol. The number of halogens is 3. The highest BCUT2D eigenvalue weighted by atomic mass is 32.2. The van der Waals surface area contributed by atoms with Crippen LogP contribution in [0.25, 0.3) is 0 Å². The Labute approximate surface area is 135 Å². The van der Waals surface area contributed by atoms with Gasteiger partial charge in [0.05, 0.1) is 18.0 Å². The topological polar surface area (TPSA) is 29.5 Å². The van der Waals surface area contributed by atoms with Crippen LogP contribution in [0.3, 0.4) is 0 Å². The summed E-state index contributed by atoms with van der Waals surface area (Å²) in [5.74, 6) is -1.77. The molecule has 1 heterocycles. The highest BCUT2D eigenvalue weighted by molar-refractivity contribution is 8.00. The van der Waals surface area contributed by atoms with E-state index >= 15 is 0 Å². The van der Waals surface area contributed by atoms with Gasteiger partial charge in [-0.05, 0) is 24.3 Å². The number of rotatable bonds is 3. The summed E-state index contributed by atoms with van der Waals surface area (Å²) in [5, 5.41) is 0. The van der Waals surface area contributed by atoms with Gasteiger partial charge in [-0.15, -0.1) is 11.8 Å². The SMILES string of the molecule is O=C(CSc1ccc(F)cc1F)N1CCOc2cc(F)ccc21. The molecule has 0 spiro atoms. The van der Waals surface area contributed by atoms with Crippen LogP contribution in [-0.2, 0) is 4.79 Å². The zero-order valence-electron chi connectivity index (χ0n) is 11.9. The molecule has 0 radical (unpaired) electrons. The molecule has 7 heteroatoms. The predicted octanol–water partition coefficient (Wildman–Crippen LogP) is 3.62. The van der Waals surface area contributed by atoms with E-state index in [2.05, 4.69) is 0 Å². The van der Waals surface area contributed by atoms with Crippen molar-refractivity contribution in [1.29, 1.82) is 0 Å². The third-order valence-corrected chi connectivity index (χ3v) is 4.36. The fourth-order valence-corrected chi connectivity index (χ4v) is 3.06. The Morgan fingerprint density at radius 3 is 2.65 bits per heavy atom. The molecule has 1 aliphatic heterocycles. The minimum absolute atomic E-state index is 0.0145. The first-order valence-corrected chi connectivity index (χ1v) is 7.84. The highest BCUT2D eigenvalue weighted by Crippen LogP contribution is 2.33. The number of thioether (sulfide) groups is 1. The molecule has 0 N–H and O–H groups in total. The molecule has 1 aliphatic rings. The lowest BCUT2D eigenvalue weighted by Crippen LogP contribution is -2.39. The van der Waals surface area contributed by atoms with Crippen molar-refractivity contribution in [3.63, 3.8) is 0 Å². The lowest BCUT2D eigenvalue weighted by Gasteiger charge is -2.29. The number of carbonyl (C=O) groups is 1. The van der Waals surface area contributed by atoms with E-state index in [4.69, 9.17) is 4.74 Å². The van der Waals surface area contributed by atoms with Gasteiger partial charge >= 0.3 is 0 Å². The van der Waals surface area contributed by atoms with Crippen LogP contribution >= 0.6 is 11.8 Å². The van der Waals surface area contributed by atoms with E-state index in [-0.39, 0.29) is 23.2 Å². The van der Waals surface area contributed by atoms with Crippen molar-refractivity contribution in [3.05, 3.63) is 53.8 Å². The first-order chi connectivity index (χ1) is 11.0. The van der Waals surface area contributed by atoms with E-state index in [0.717, 1.165) is 23.9 Å². The second-order valence-electron chi connectivity index (χ2n) is 4.87. The number of hydrogen-bond donors (Lipinski definition) is 0. The minimum atomic E-state index is -0.702. The van der Waals surface area contributed by atoms with E-state index in [9.17, 15) is 18.0 Å². The monoisotopic (exact) mass is 339 g/mol. The van der Waals surface area contributed by atoms with Crippen molar-refractivity contribution in [3.8, 4) is 5.75 Å². The molecule has 3 rings (SSSR count). The minimum Gasteiger partial charge on any atom is -0.489 e. The molecule has 0 bridgehead atoms. The van der Waals surface area contributed by atoms with E-state index in [1.165, 1.54) is 29.2 Å². The third-order valence-electron chi connectivity index (χ3n) is 3.33. The molecule has 0 aliphatic carbocycles. The second-order valence-corrected chi connectivity index (χ2v) is 5.89. The molecule has 0 unspecified atom stereocenters. The molecule has 23 heavy (non-hydrogen) atoms. The summed E-state index contributed by atoms with van der Waals surface area (Å²) in [7, 11) is 0. The van der Waals surface area contributed by atoms with Gasteiger partial charge in [0.25, 0.3) is 0 Å². The first-order valence-electron chi connectivity index (χ1n) is 6.85. The Bertz CT molecular complexity index is 754. The number of carbonyl (C=O) groups excluding carboxylic acids is 1. The largest absolute Gasteiger partial charge is 0.489 e. The maximum Gasteiger partial charge on any atom is 0.237 e. The number of anilines is 1. The van der Waals surface area contributed by atoms with Crippen LogP contribution < -0.4 is 9.64 Å². The summed E-state index contributed by atoms with van der Waals surface area (Å²) in [6.07, 6.45) is 0. The summed E-state index contributed by atoms with van der Waals surface area (Å²) >= 11 is 0.988. The summed E-state index contributed by atoms with van der Waals surface area (Å²) in [6.45, 7) is 0.599. The van der Waals surface area contributed by atoms with Crippen LogP contribution in [0.1, 0.15) is 0 Å². The number of benzene rings is 2. The van der Waals surface area contributed by atoms with Crippen molar-refractivity contribution in [2.45, 2.75) is 4.90 Å². The van der Waals surface area contributed by atoms with Crippen molar-refractivity contribution in [2.24, 2.45) is 0 Å². The van der Waals surface area contributed by atoms with Crippen LogP contribution in [0, 0.1) is 17.5 Å². The molecule has 0 fully saturated rings. The van der Waals surface area contributed by atoms with Gasteiger partial charge in [-0.3, -0.25) is 4.79 Å². The zero-order valence-corrected chi connectivity index (χ0v) is 12.7. The second kappa shape index (κ2) is 6.54. The molecule has 0 atom stereocenters. The average molecular weight is 339 g/mol. The quantitative estimate of drug-likeness (QED) is 0.800. The van der Waals surface area contributed by atoms with Gasteiger partial charge in [0.1, 0.15) is 29.8 Å². The molecule has 3 nitrogen and oxygen atoms in total. The smallest absolute Gasteiger partial charge is 0.237 e. The van der Waals surface area contributed by atoms with Crippen LogP contribution in [0.4, 0.5) is 18.9 Å². The number of nitrogens with zero attached hydrogens (tertiary/aromatic N) is 1. The van der Waals surface area contributed by atoms with E-state index in [1.54, 1.807) is 0 Å². The van der Waals surface area contributed by atoms with Crippen LogP contribution in [0.2, 0.25) is 0 Å². The van der Waals surface area contributed by atoms with Gasteiger partial charge in [0, 0.05) is 17.0 Å². The van der Waals surface area contributed by atoms with Gasteiger partial charge < -0.3 is 9.64 Å². The molecule has 0 saturated heterocycles. The molecular formula is C16H12F3NO2S. The van der Waals surface area contributed by atoms with Crippen LogP contribution in [0.15, 0.2) is 41.3 Å². The summed E-state index contributed by atoms with van der Waals surface area (Å²) in [4.78, 5) is 14.0. The maximum absolute atomic E-state index is 13.6. The maximum atomic E-state index is 13.6. The molecule has 2 aromatic rings. The van der Waals surface area contributed by atoms with E-state index in [1.807, 2.05) is 0 Å². The molecule has 120 valence electrons. The van der Waals surface area contributed by atoms with E-state index < -0.39 is 17.5 Å². The van der Waals surface area contributed by atoms with Crippen LogP contribution in [-0.4, -0.2) is 24.8 Å². The summed E-state index contributed by atoms with van der Waals surface area (Å²) in [6, 6.07) is 7.17. The highest BCUT2D eigenvalue weighted by Gasteiger charge is 2.24. The lowest BCUT2D eigenvalue weighted by molar-refractivity contribution is -0.116. The van der Waals surface area contributed by atoms with Gasteiger partial charge in [-0.1, -0.05) is 0 Å². The van der Waals surface area contributed by atoms with E-state index in [0.29, 0.717) is 18.0 Å². The molecule has 2 aromatic carbocycles. The lowest BCUT2D eigenvalue weighted by atomic mass is 10.2. The summed E-state index contributed by atoms with van der Waals surface area (Å²) < 4.78 is 45.0. The zero-order chi connectivity index (χ0) is 16.4. The molecule has 0 aromatic heterocycles. The van der Waals surface area contributed by atoms with Crippen molar-refractivity contribution in [2.75, 3.05) is 23.8 Å². The molecule has 1 amide bonds. The Hall–Kier alpha value is -2.15. The Morgan fingerprint density at radius 2 is 1.87 bits per heavy atom. The van der Waals surface area contributed by atoms with Gasteiger partial charge in [0.2, 0.25) is 5.91 Å². The molecule has 0 saturated carbocycles. The Balaban J connectivity index is 1.72. The number of fused-ring (bicyclic) bond motifs is 1. The first kappa shape index (κ1) is 15.7. The Morgan fingerprint density at radius 1 is 1.13 bits per heavy atom. The normalized spacial score (nSPS) is 13.4. The van der Waals surface area contributed by atoms with Crippen LogP contribution in [0.5, 0.6) is 5.75 Å². The van der Waals surface area contributed by atoms with Gasteiger partial charge in [-0.2, -0.15) is 0 Å². The van der Waals surface area contributed by atoms with Gasteiger partial charge in [0.15, 0.2) is 0 Å². The fourth-order valence-electron chi connectivity index (χ4n) is 2.26. The number of amides is 1. The third kappa shape index (κ3) is 3.44. The standard InChI is InChI=1S/C16H12F3NO2S/c17-10-2-4-15(12(19)7-10)23-9-16(21)20-5-6-22-14-8-11(18)1-3-13(14)20/h1-4,7-8H,5-6,9H2. The average Bonchev–Trinajstić information content (AvgIpc) is 2.53. The van der Waals surface area contributed by atoms with Crippen molar-refractivity contribution < 1.29 is 22.7 Å². The Kier molecular flexibility index (Phi) is 4.47. The summed E-state index contributed by atoms with van der Waals surface area (Å²) in [5.41, 5.74) is 0.489. The number of hydrogen-bond acceptors (Lipinski definition) is 3. The fraction of sp³-hybridized carbons (Fsp3) is 0.188. The van der Waals surface area contributed by atoms with Crippen molar-refractivity contribution in [1.82, 2.24) is 0 Å². The molecular weight excluding hydrogens is 327 g/mol. The van der Waals surface area contributed by atoms with Gasteiger partial charge in [-0.25, -0.2) is 13.2 Å². The number of ether oxygens (including phenoxy) is 1. The van der Waals surface area contributed by atoms with Crippen molar-refractivity contribution >= 4 is 23.4 Å².